The van der Waals surface area contributed by atoms with Crippen LogP contribution in [0.25, 0.3) is 22.5 Å². The summed E-state index contributed by atoms with van der Waals surface area (Å²) in [5, 5.41) is 14.4. The number of nitrogens with zero attached hydrogens (tertiary/aromatic N) is 4. The second-order valence-corrected chi connectivity index (χ2v) is 9.27. The maximum absolute atomic E-state index is 13.2. The van der Waals surface area contributed by atoms with Gasteiger partial charge in [0.05, 0.1) is 12.2 Å². The molecule has 2 aromatic heterocycles. The summed E-state index contributed by atoms with van der Waals surface area (Å²) in [5.41, 5.74) is 5.07. The molecule has 4 aromatic rings. The number of aromatic amines is 2. The van der Waals surface area contributed by atoms with Crippen molar-refractivity contribution in [2.75, 3.05) is 0 Å². The summed E-state index contributed by atoms with van der Waals surface area (Å²) in [7, 11) is 0. The number of tetrazole rings is 1. The first-order valence-corrected chi connectivity index (χ1v) is 12.4. The van der Waals surface area contributed by atoms with E-state index < -0.39 is 0 Å². The monoisotopic (exact) mass is 470 g/mol. The lowest BCUT2D eigenvalue weighted by atomic mass is 9.84. The van der Waals surface area contributed by atoms with Gasteiger partial charge in [-0.3, -0.25) is 9.36 Å². The fourth-order valence-electron chi connectivity index (χ4n) is 5.12. The topological polar surface area (TPSA) is 109 Å². The van der Waals surface area contributed by atoms with Gasteiger partial charge in [-0.05, 0) is 41.2 Å². The molecule has 0 bridgehead atoms. The fourth-order valence-corrected chi connectivity index (χ4v) is 5.12. The number of carbonyl (C=O) groups is 1. The molecule has 0 amide bonds. The fraction of sp³-hybridized carbons (Fsp3) is 0.370. The minimum atomic E-state index is -0.209. The van der Waals surface area contributed by atoms with Crippen LogP contribution in [0, 0.1) is 5.92 Å². The molecule has 0 radical (unpaired) electrons. The van der Waals surface area contributed by atoms with Crippen LogP contribution in [-0.4, -0.2) is 36.0 Å². The van der Waals surface area contributed by atoms with E-state index >= 15 is 0 Å². The van der Waals surface area contributed by atoms with E-state index in [-0.39, 0.29) is 17.4 Å². The lowest BCUT2D eigenvalue weighted by molar-refractivity contribution is 0.0883. The smallest absolute Gasteiger partial charge is 0.303 e. The Morgan fingerprint density at radius 3 is 2.46 bits per heavy atom. The molecule has 8 nitrogen and oxygen atoms in total. The van der Waals surface area contributed by atoms with Crippen molar-refractivity contribution < 1.29 is 4.79 Å². The van der Waals surface area contributed by atoms with Gasteiger partial charge in [0.1, 0.15) is 5.69 Å². The van der Waals surface area contributed by atoms with Crippen molar-refractivity contribution >= 4 is 5.78 Å². The van der Waals surface area contributed by atoms with Gasteiger partial charge in [0.2, 0.25) is 5.82 Å². The number of rotatable bonds is 8. The summed E-state index contributed by atoms with van der Waals surface area (Å²) in [6.07, 6.45) is 6.78. The predicted octanol–water partition coefficient (Wildman–Crippen LogP) is 4.79. The van der Waals surface area contributed by atoms with Crippen molar-refractivity contribution in [3.63, 3.8) is 0 Å². The van der Waals surface area contributed by atoms with Crippen molar-refractivity contribution in [3.8, 4) is 22.5 Å². The lowest BCUT2D eigenvalue weighted by Crippen LogP contribution is -2.20. The predicted molar refractivity (Wildman–Crippen MR) is 134 cm³/mol. The Hall–Kier alpha value is -3.81. The molecule has 1 aliphatic carbocycles. The zero-order valence-electron chi connectivity index (χ0n) is 20.0. The van der Waals surface area contributed by atoms with E-state index in [0.717, 1.165) is 60.1 Å². The number of nitrogens with one attached hydrogen (secondary N) is 2. The SMILES string of the molecule is CCCc1c(C(=O)C2CCCCC2)[nH]c(=O)n1Cc1ccc(-c2ccccc2-c2nn[nH]n2)cc1. The summed E-state index contributed by atoms with van der Waals surface area (Å²) in [6.45, 7) is 2.50. The van der Waals surface area contributed by atoms with Gasteiger partial charge < -0.3 is 4.98 Å². The van der Waals surface area contributed by atoms with E-state index in [4.69, 9.17) is 0 Å². The van der Waals surface area contributed by atoms with Crippen molar-refractivity contribution in [1.82, 2.24) is 30.2 Å². The molecule has 1 fully saturated rings. The molecular weight excluding hydrogens is 440 g/mol. The second-order valence-electron chi connectivity index (χ2n) is 9.27. The Kier molecular flexibility index (Phi) is 6.70. The molecule has 8 heteroatoms. The number of ketones is 1. The molecule has 180 valence electrons. The molecule has 35 heavy (non-hydrogen) atoms. The van der Waals surface area contributed by atoms with Gasteiger partial charge in [0.15, 0.2) is 5.78 Å². The zero-order valence-corrected chi connectivity index (χ0v) is 20.0. The van der Waals surface area contributed by atoms with Gasteiger partial charge in [-0.25, -0.2) is 4.79 Å². The normalized spacial score (nSPS) is 14.3. The van der Waals surface area contributed by atoms with E-state index in [9.17, 15) is 9.59 Å². The number of imidazole rings is 1. The molecule has 2 heterocycles. The molecule has 2 aromatic carbocycles. The quantitative estimate of drug-likeness (QED) is 0.360. The van der Waals surface area contributed by atoms with Crippen molar-refractivity contribution in [1.29, 1.82) is 0 Å². The van der Waals surface area contributed by atoms with Crippen LogP contribution in [0.15, 0.2) is 53.3 Å². The van der Waals surface area contributed by atoms with E-state index in [2.05, 4.69) is 32.5 Å². The number of Topliss-reactive ketones (excluding diaryl/α,β-unsaturated/α-hetero) is 1. The number of carbonyl (C=O) groups excluding carboxylic acids is 1. The highest BCUT2D eigenvalue weighted by atomic mass is 16.2. The van der Waals surface area contributed by atoms with Gasteiger partial charge >= 0.3 is 5.69 Å². The molecule has 5 rings (SSSR count). The third-order valence-corrected chi connectivity index (χ3v) is 6.92. The van der Waals surface area contributed by atoms with E-state index in [0.29, 0.717) is 24.5 Å². The van der Waals surface area contributed by atoms with Crippen molar-refractivity contribution in [2.45, 2.75) is 58.4 Å². The second kappa shape index (κ2) is 10.2. The Bertz CT molecular complexity index is 1350. The van der Waals surface area contributed by atoms with Crippen LogP contribution in [0.5, 0.6) is 0 Å². The first-order valence-electron chi connectivity index (χ1n) is 12.4. The highest BCUT2D eigenvalue weighted by Crippen LogP contribution is 2.30. The standard InChI is InChI=1S/C27H30N6O2/c1-2-8-23-24(25(34)20-9-4-3-5-10-20)28-27(35)33(23)17-18-13-15-19(16-14-18)21-11-6-7-12-22(21)26-29-31-32-30-26/h6-7,11-16,20H,2-5,8-10,17H2,1H3,(H,28,35)(H,29,30,31,32). The van der Waals surface area contributed by atoms with Crippen molar-refractivity contribution in [2.24, 2.45) is 5.92 Å². The summed E-state index contributed by atoms with van der Waals surface area (Å²) in [4.78, 5) is 29.1. The van der Waals surface area contributed by atoms with E-state index in [1.807, 2.05) is 48.5 Å². The summed E-state index contributed by atoms with van der Waals surface area (Å²) >= 11 is 0. The van der Waals surface area contributed by atoms with Gasteiger partial charge in [-0.2, -0.15) is 5.21 Å². The van der Waals surface area contributed by atoms with E-state index in [1.165, 1.54) is 6.42 Å². The Labute approximate surface area is 203 Å². The third-order valence-electron chi connectivity index (χ3n) is 6.92. The van der Waals surface area contributed by atoms with Crippen LogP contribution in [0.1, 0.15) is 67.2 Å². The van der Waals surface area contributed by atoms with Crippen LogP contribution >= 0.6 is 0 Å². The number of hydrogen-bond donors (Lipinski definition) is 2. The Balaban J connectivity index is 1.42. The van der Waals surface area contributed by atoms with Crippen molar-refractivity contribution in [3.05, 3.63) is 76.0 Å². The van der Waals surface area contributed by atoms with Crippen LogP contribution in [-0.2, 0) is 13.0 Å². The molecular formula is C27H30N6O2. The summed E-state index contributed by atoms with van der Waals surface area (Å²) in [6, 6.07) is 16.1. The van der Waals surface area contributed by atoms with E-state index in [1.54, 1.807) is 4.57 Å². The molecule has 0 saturated heterocycles. The number of aromatic nitrogens is 6. The van der Waals surface area contributed by atoms with Gasteiger partial charge in [0.25, 0.3) is 0 Å². The minimum absolute atomic E-state index is 0.0319. The number of hydrogen-bond acceptors (Lipinski definition) is 5. The third kappa shape index (κ3) is 4.73. The lowest BCUT2D eigenvalue weighted by Gasteiger charge is -2.20. The van der Waals surface area contributed by atoms with Gasteiger partial charge in [0, 0.05) is 11.5 Å². The van der Waals surface area contributed by atoms with Gasteiger partial charge in [-0.1, -0.05) is 81.1 Å². The van der Waals surface area contributed by atoms with Gasteiger partial charge in [-0.15, -0.1) is 10.2 Å². The summed E-state index contributed by atoms with van der Waals surface area (Å²) in [5.74, 6) is 0.685. The maximum Gasteiger partial charge on any atom is 0.326 e. The molecule has 0 spiro atoms. The first kappa shape index (κ1) is 23.0. The molecule has 1 aliphatic rings. The Morgan fingerprint density at radius 1 is 1.03 bits per heavy atom. The average Bonchev–Trinajstić information content (AvgIpc) is 3.54. The number of benzene rings is 2. The largest absolute Gasteiger partial charge is 0.326 e. The highest BCUT2D eigenvalue weighted by Gasteiger charge is 2.27. The van der Waals surface area contributed by atoms with Crippen LogP contribution in [0.4, 0.5) is 0 Å². The molecule has 0 atom stereocenters. The minimum Gasteiger partial charge on any atom is -0.303 e. The van der Waals surface area contributed by atoms with Crippen LogP contribution < -0.4 is 5.69 Å². The molecule has 0 unspecified atom stereocenters. The Morgan fingerprint density at radius 2 is 1.77 bits per heavy atom. The molecule has 0 aliphatic heterocycles. The highest BCUT2D eigenvalue weighted by molar-refractivity contribution is 5.97. The maximum atomic E-state index is 13.2. The average molecular weight is 471 g/mol. The molecule has 1 saturated carbocycles. The number of H-pyrrole nitrogens is 2. The summed E-state index contributed by atoms with van der Waals surface area (Å²) < 4.78 is 1.74. The molecule has 2 N–H and O–H groups in total. The first-order chi connectivity index (χ1) is 17.2. The van der Waals surface area contributed by atoms with Crippen LogP contribution in [0.2, 0.25) is 0 Å². The zero-order chi connectivity index (χ0) is 24.2. The van der Waals surface area contributed by atoms with Crippen LogP contribution in [0.3, 0.4) is 0 Å².